The normalized spacial score (nSPS) is 27.7. The molecular formula is C17H22ClN3O. The van der Waals surface area contributed by atoms with Gasteiger partial charge in [-0.25, -0.2) is 4.98 Å². The van der Waals surface area contributed by atoms with Gasteiger partial charge in [0.1, 0.15) is 12.7 Å². The van der Waals surface area contributed by atoms with Crippen LogP contribution in [0.25, 0.3) is 0 Å². The van der Waals surface area contributed by atoms with Crippen molar-refractivity contribution in [1.29, 1.82) is 0 Å². The number of fused-ring (bicyclic) bond motifs is 1. The van der Waals surface area contributed by atoms with Crippen LogP contribution >= 0.6 is 11.6 Å². The number of nitrogens with zero attached hydrogens (tertiary/aromatic N) is 3. The molecule has 4 rings (SSSR count). The largest absolute Gasteiger partial charge is 0.365 e. The Hall–Kier alpha value is -1.39. The average molecular weight is 320 g/mol. The molecule has 4 nitrogen and oxygen atoms in total. The second-order valence-electron chi connectivity index (χ2n) is 6.92. The van der Waals surface area contributed by atoms with Crippen LogP contribution in [0.5, 0.6) is 0 Å². The van der Waals surface area contributed by atoms with E-state index in [1.807, 2.05) is 19.2 Å². The van der Waals surface area contributed by atoms with Crippen molar-refractivity contribution in [3.05, 3.63) is 47.5 Å². The molecule has 1 aliphatic carbocycles. The lowest BCUT2D eigenvalue weighted by atomic mass is 9.89. The van der Waals surface area contributed by atoms with Crippen LogP contribution in [0.2, 0.25) is 5.02 Å². The van der Waals surface area contributed by atoms with Crippen molar-refractivity contribution in [3.8, 4) is 0 Å². The zero-order valence-electron chi connectivity index (χ0n) is 13.3. The highest BCUT2D eigenvalue weighted by Crippen LogP contribution is 2.60. The van der Waals surface area contributed by atoms with E-state index < -0.39 is 0 Å². The summed E-state index contributed by atoms with van der Waals surface area (Å²) in [7, 11) is 1.83. The average Bonchev–Trinajstić information content (AvgIpc) is 2.90. The molecule has 1 aromatic heterocycles. The minimum absolute atomic E-state index is 0.150. The molecule has 0 bridgehead atoms. The molecule has 1 saturated heterocycles. The van der Waals surface area contributed by atoms with E-state index in [9.17, 15) is 0 Å². The van der Waals surface area contributed by atoms with E-state index in [1.165, 1.54) is 24.7 Å². The van der Waals surface area contributed by atoms with E-state index in [-0.39, 0.29) is 5.60 Å². The number of hydrogen-bond donors (Lipinski definition) is 0. The summed E-state index contributed by atoms with van der Waals surface area (Å²) in [6, 6.07) is 8.15. The fourth-order valence-corrected chi connectivity index (χ4v) is 3.49. The smallest absolute Gasteiger partial charge is 0.137 e. The minimum Gasteiger partial charge on any atom is -0.365 e. The summed E-state index contributed by atoms with van der Waals surface area (Å²) in [6.45, 7) is 4.63. The van der Waals surface area contributed by atoms with Gasteiger partial charge in [0.25, 0.3) is 0 Å². The Morgan fingerprint density at radius 2 is 2.00 bits per heavy atom. The Kier molecular flexibility index (Phi) is 4.00. The second-order valence-corrected chi connectivity index (χ2v) is 7.36. The first-order chi connectivity index (χ1) is 10.4. The predicted molar refractivity (Wildman–Crippen MR) is 86.8 cm³/mol. The highest BCUT2D eigenvalue weighted by atomic mass is 35.5. The molecule has 118 valence electrons. The lowest BCUT2D eigenvalue weighted by Crippen LogP contribution is -2.18. The molecule has 1 saturated carbocycles. The van der Waals surface area contributed by atoms with Gasteiger partial charge in [-0.1, -0.05) is 37.6 Å². The Bertz CT molecular complexity index is 624. The van der Waals surface area contributed by atoms with Crippen molar-refractivity contribution in [1.82, 2.24) is 14.8 Å². The number of rotatable bonds is 2. The van der Waals surface area contributed by atoms with Crippen molar-refractivity contribution < 1.29 is 4.74 Å². The van der Waals surface area contributed by atoms with Crippen LogP contribution in [0.1, 0.15) is 32.3 Å². The monoisotopic (exact) mass is 319 g/mol. The van der Waals surface area contributed by atoms with Gasteiger partial charge < -0.3 is 4.74 Å². The zero-order valence-corrected chi connectivity index (χ0v) is 14.0. The van der Waals surface area contributed by atoms with Crippen molar-refractivity contribution in [2.45, 2.75) is 44.8 Å². The van der Waals surface area contributed by atoms with E-state index in [1.54, 1.807) is 11.0 Å². The van der Waals surface area contributed by atoms with Gasteiger partial charge in [-0.05, 0) is 36.0 Å². The number of ether oxygens (including phenoxy) is 1. The van der Waals surface area contributed by atoms with E-state index in [2.05, 4.69) is 36.1 Å². The molecule has 1 aliphatic heterocycles. The fraction of sp³-hybridized carbons (Fsp3) is 0.529. The third kappa shape index (κ3) is 3.18. The van der Waals surface area contributed by atoms with E-state index in [0.717, 1.165) is 11.4 Å². The van der Waals surface area contributed by atoms with Gasteiger partial charge in [0, 0.05) is 18.5 Å². The van der Waals surface area contributed by atoms with E-state index in [0.29, 0.717) is 11.5 Å². The molecule has 2 fully saturated rings. The van der Waals surface area contributed by atoms with Crippen molar-refractivity contribution in [3.63, 3.8) is 0 Å². The van der Waals surface area contributed by atoms with Gasteiger partial charge in [0.2, 0.25) is 0 Å². The highest BCUT2D eigenvalue weighted by molar-refractivity contribution is 6.30. The Labute approximate surface area is 136 Å². The van der Waals surface area contributed by atoms with E-state index >= 15 is 0 Å². The Balaban J connectivity index is 0.000000202. The van der Waals surface area contributed by atoms with E-state index in [4.69, 9.17) is 16.3 Å². The molecule has 22 heavy (non-hydrogen) atoms. The summed E-state index contributed by atoms with van der Waals surface area (Å²) in [5, 5.41) is 4.53. The number of halogens is 1. The van der Waals surface area contributed by atoms with Crippen LogP contribution in [0.15, 0.2) is 36.9 Å². The molecular weight excluding hydrogens is 298 g/mol. The molecule has 1 unspecified atom stereocenters. The van der Waals surface area contributed by atoms with Crippen molar-refractivity contribution >= 4 is 11.6 Å². The van der Waals surface area contributed by atoms with Gasteiger partial charge in [-0.2, -0.15) is 5.10 Å². The number of aryl methyl sites for hydroxylation is 1. The lowest BCUT2D eigenvalue weighted by molar-refractivity contribution is 0.172. The molecule has 1 aromatic carbocycles. The number of benzene rings is 1. The van der Waals surface area contributed by atoms with Gasteiger partial charge in [0.05, 0.1) is 11.7 Å². The first kappa shape index (κ1) is 15.5. The maximum atomic E-state index is 5.96. The molecule has 2 atom stereocenters. The lowest BCUT2D eigenvalue weighted by Gasteiger charge is -2.16. The fourth-order valence-electron chi connectivity index (χ4n) is 3.37. The number of hydrogen-bond acceptors (Lipinski definition) is 3. The quantitative estimate of drug-likeness (QED) is 0.793. The molecule has 0 amide bonds. The minimum atomic E-state index is 0.150. The first-order valence-electron chi connectivity index (χ1n) is 7.62. The molecule has 2 aliphatic rings. The molecule has 2 aromatic rings. The third-order valence-corrected chi connectivity index (χ3v) is 4.88. The number of epoxide rings is 1. The number of aromatic nitrogens is 3. The van der Waals surface area contributed by atoms with Crippen LogP contribution in [0.3, 0.4) is 0 Å². The topological polar surface area (TPSA) is 43.2 Å². The SMILES string of the molecule is CC1(C)CC[C@]2(Cc3ccc(Cl)cc3)OC12.Cn1cncn1. The summed E-state index contributed by atoms with van der Waals surface area (Å²) in [5.41, 5.74) is 1.86. The summed E-state index contributed by atoms with van der Waals surface area (Å²) in [5.74, 6) is 0. The van der Waals surface area contributed by atoms with Gasteiger partial charge in [0.15, 0.2) is 0 Å². The van der Waals surface area contributed by atoms with Crippen LogP contribution in [-0.2, 0) is 18.2 Å². The maximum absolute atomic E-state index is 5.96. The molecule has 5 heteroatoms. The molecule has 0 N–H and O–H groups in total. The van der Waals surface area contributed by atoms with Crippen molar-refractivity contribution in [2.75, 3.05) is 0 Å². The van der Waals surface area contributed by atoms with Crippen LogP contribution in [0, 0.1) is 5.41 Å². The molecule has 0 radical (unpaired) electrons. The van der Waals surface area contributed by atoms with Gasteiger partial charge in [-0.3, -0.25) is 4.68 Å². The maximum Gasteiger partial charge on any atom is 0.137 e. The Morgan fingerprint density at radius 3 is 2.41 bits per heavy atom. The summed E-state index contributed by atoms with van der Waals surface area (Å²) in [4.78, 5) is 3.67. The highest BCUT2D eigenvalue weighted by Gasteiger charge is 2.66. The third-order valence-electron chi connectivity index (χ3n) is 4.63. The van der Waals surface area contributed by atoms with Crippen LogP contribution in [-0.4, -0.2) is 26.5 Å². The van der Waals surface area contributed by atoms with Gasteiger partial charge >= 0.3 is 0 Å². The standard InChI is InChI=1S/C14H17ClO.C3H5N3/c1-13(2)7-8-14(12(13)16-14)9-10-3-5-11(15)6-4-10;1-6-3-4-2-5-6/h3-6,12H,7-9H2,1-2H3;2-3H,1H3/t12?,14-;/m1./s1. The summed E-state index contributed by atoms with van der Waals surface area (Å²) < 4.78 is 7.60. The summed E-state index contributed by atoms with van der Waals surface area (Å²) in [6.07, 6.45) is 7.13. The van der Waals surface area contributed by atoms with Gasteiger partial charge in [-0.15, -0.1) is 0 Å². The van der Waals surface area contributed by atoms with Crippen LogP contribution < -0.4 is 0 Å². The zero-order chi connectivity index (χ0) is 15.8. The Morgan fingerprint density at radius 1 is 1.27 bits per heavy atom. The first-order valence-corrected chi connectivity index (χ1v) is 8.00. The van der Waals surface area contributed by atoms with Crippen LogP contribution in [0.4, 0.5) is 0 Å². The predicted octanol–water partition coefficient (Wildman–Crippen LogP) is 3.66. The molecule has 2 heterocycles. The van der Waals surface area contributed by atoms with Crippen molar-refractivity contribution in [2.24, 2.45) is 12.5 Å². The second kappa shape index (κ2) is 5.67. The summed E-state index contributed by atoms with van der Waals surface area (Å²) >= 11 is 5.89. The molecule has 0 spiro atoms.